The minimum atomic E-state index is -0.126. The van der Waals surface area contributed by atoms with E-state index in [2.05, 4.69) is 5.32 Å². The van der Waals surface area contributed by atoms with Crippen LogP contribution in [0.25, 0.3) is 10.2 Å². The Balaban J connectivity index is 1.46. The van der Waals surface area contributed by atoms with Gasteiger partial charge in [0.1, 0.15) is 30.3 Å². The number of anilines is 1. The van der Waals surface area contributed by atoms with E-state index in [9.17, 15) is 5.11 Å². The highest BCUT2D eigenvalue weighted by Crippen LogP contribution is 2.40. The van der Waals surface area contributed by atoms with Gasteiger partial charge in [0.05, 0.1) is 24.7 Å². The van der Waals surface area contributed by atoms with Crippen LogP contribution in [0.3, 0.4) is 0 Å². The van der Waals surface area contributed by atoms with Gasteiger partial charge < -0.3 is 20.1 Å². The van der Waals surface area contributed by atoms with Gasteiger partial charge in [0, 0.05) is 10.9 Å². The fraction of sp³-hybridized carbons (Fsp3) is 0.700. The molecule has 2 aliphatic carbocycles. The van der Waals surface area contributed by atoms with Crippen LogP contribution in [0.15, 0.2) is 0 Å². The van der Waals surface area contributed by atoms with Gasteiger partial charge in [-0.15, -0.1) is 11.3 Å². The Morgan fingerprint density at radius 2 is 1.93 bits per heavy atom. The number of quaternary nitrogens is 1. The molecule has 1 saturated heterocycles. The Morgan fingerprint density at radius 3 is 2.74 bits per heavy atom. The summed E-state index contributed by atoms with van der Waals surface area (Å²) in [6, 6.07) is 0.409. The maximum absolute atomic E-state index is 9.82. The van der Waals surface area contributed by atoms with E-state index in [0.717, 1.165) is 81.4 Å². The van der Waals surface area contributed by atoms with Crippen LogP contribution in [0.2, 0.25) is 0 Å². The Labute approximate surface area is 164 Å². The van der Waals surface area contributed by atoms with E-state index in [4.69, 9.17) is 14.7 Å². The molecule has 27 heavy (non-hydrogen) atoms. The number of fused-ring (bicyclic) bond motifs is 3. The molecule has 1 saturated carbocycles. The van der Waals surface area contributed by atoms with Crippen LogP contribution in [0, 0.1) is 0 Å². The monoisotopic (exact) mass is 389 g/mol. The summed E-state index contributed by atoms with van der Waals surface area (Å²) in [5.41, 5.74) is 1.48. The molecule has 1 aliphatic heterocycles. The molecule has 2 aromatic heterocycles. The molecular formula is C20H29N4O2S+. The van der Waals surface area contributed by atoms with Crippen molar-refractivity contribution in [1.82, 2.24) is 9.97 Å². The summed E-state index contributed by atoms with van der Waals surface area (Å²) in [5.74, 6) is 2.00. The second kappa shape index (κ2) is 7.62. The smallest absolute Gasteiger partial charge is 0.187 e. The first-order chi connectivity index (χ1) is 13.3. The topological polar surface area (TPSA) is 71.7 Å². The molecule has 3 aliphatic rings. The van der Waals surface area contributed by atoms with Crippen molar-refractivity contribution >= 4 is 27.4 Å². The van der Waals surface area contributed by atoms with Gasteiger partial charge in [0.2, 0.25) is 0 Å². The maximum atomic E-state index is 9.82. The minimum absolute atomic E-state index is 0.126. The molecule has 0 atom stereocenters. The third-order valence-electron chi connectivity index (χ3n) is 6.26. The molecule has 3 heterocycles. The number of hydrogen-bond acceptors (Lipinski definition) is 6. The van der Waals surface area contributed by atoms with Crippen molar-refractivity contribution in [3.63, 3.8) is 0 Å². The molecule has 0 amide bonds. The first-order valence-corrected chi connectivity index (χ1v) is 11.2. The second-order valence-electron chi connectivity index (χ2n) is 8.21. The van der Waals surface area contributed by atoms with Crippen molar-refractivity contribution < 1.29 is 14.7 Å². The van der Waals surface area contributed by atoms with Gasteiger partial charge in [0.15, 0.2) is 5.82 Å². The van der Waals surface area contributed by atoms with Crippen molar-refractivity contribution in [2.75, 3.05) is 31.6 Å². The molecule has 6 nitrogen and oxygen atoms in total. The van der Waals surface area contributed by atoms with Gasteiger partial charge in [-0.3, -0.25) is 0 Å². The van der Waals surface area contributed by atoms with Gasteiger partial charge in [-0.1, -0.05) is 0 Å². The molecule has 2 aromatic rings. The largest absolute Gasteiger partial charge is 0.393 e. The van der Waals surface area contributed by atoms with Gasteiger partial charge in [0.25, 0.3) is 0 Å². The highest BCUT2D eigenvalue weighted by molar-refractivity contribution is 7.19. The lowest BCUT2D eigenvalue weighted by molar-refractivity contribution is -0.922. The first-order valence-electron chi connectivity index (χ1n) is 10.4. The summed E-state index contributed by atoms with van der Waals surface area (Å²) >= 11 is 1.87. The van der Waals surface area contributed by atoms with E-state index in [-0.39, 0.29) is 6.10 Å². The summed E-state index contributed by atoms with van der Waals surface area (Å²) in [4.78, 5) is 14.2. The molecule has 0 unspecified atom stereocenters. The fourth-order valence-corrected chi connectivity index (χ4v) is 5.98. The van der Waals surface area contributed by atoms with Crippen molar-refractivity contribution in [2.24, 2.45) is 0 Å². The zero-order valence-corrected chi connectivity index (χ0v) is 16.6. The summed E-state index contributed by atoms with van der Waals surface area (Å²) in [6.45, 7) is 4.61. The predicted octanol–water partition coefficient (Wildman–Crippen LogP) is 1.31. The Kier molecular flexibility index (Phi) is 5.02. The van der Waals surface area contributed by atoms with E-state index >= 15 is 0 Å². The van der Waals surface area contributed by atoms with Gasteiger partial charge in [-0.2, -0.15) is 0 Å². The average molecular weight is 390 g/mol. The zero-order chi connectivity index (χ0) is 18.2. The minimum Gasteiger partial charge on any atom is -0.393 e. The molecule has 5 rings (SSSR count). The number of aliphatic hydroxyl groups excluding tert-OH is 1. The third kappa shape index (κ3) is 3.70. The van der Waals surface area contributed by atoms with Crippen LogP contribution in [-0.2, 0) is 24.1 Å². The van der Waals surface area contributed by atoms with Crippen LogP contribution in [0.5, 0.6) is 0 Å². The van der Waals surface area contributed by atoms with Gasteiger partial charge in [-0.25, -0.2) is 9.97 Å². The molecule has 0 aromatic carbocycles. The number of thiophene rings is 1. The standard InChI is InChI=1S/C20H28N4O2S/c25-14-6-4-13(5-7-14)21-19-18-15-2-1-3-16(15)27-20(18)23-17(22-19)12-24-8-10-26-11-9-24/h13-14,25H,1-12H2,(H,21,22,23)/p+1. The second-order valence-corrected chi connectivity index (χ2v) is 9.30. The summed E-state index contributed by atoms with van der Waals surface area (Å²) in [5, 5.41) is 14.8. The van der Waals surface area contributed by atoms with Crippen molar-refractivity contribution in [3.05, 3.63) is 16.3 Å². The van der Waals surface area contributed by atoms with E-state index in [1.54, 1.807) is 0 Å². The Hall–Kier alpha value is -1.28. The SMILES string of the molecule is OC1CCC(Nc2nc(C[NH+]3CCOCC3)nc3sc4c(c23)CCC4)CC1. The number of aryl methyl sites for hydroxylation is 2. The van der Waals surface area contributed by atoms with Crippen LogP contribution in [-0.4, -0.2) is 53.5 Å². The van der Waals surface area contributed by atoms with Crippen molar-refractivity contribution in [1.29, 1.82) is 0 Å². The molecule has 0 bridgehead atoms. The number of aromatic nitrogens is 2. The maximum Gasteiger partial charge on any atom is 0.187 e. The molecule has 0 radical (unpaired) electrons. The lowest BCUT2D eigenvalue weighted by Gasteiger charge is -2.27. The lowest BCUT2D eigenvalue weighted by Crippen LogP contribution is -3.12. The average Bonchev–Trinajstić information content (AvgIpc) is 3.25. The number of nitrogens with one attached hydrogen (secondary N) is 2. The van der Waals surface area contributed by atoms with Gasteiger partial charge in [-0.05, 0) is 50.5 Å². The van der Waals surface area contributed by atoms with E-state index in [1.165, 1.54) is 33.6 Å². The summed E-state index contributed by atoms with van der Waals surface area (Å²) in [7, 11) is 0. The molecule has 2 fully saturated rings. The molecule has 3 N–H and O–H groups in total. The van der Waals surface area contributed by atoms with Crippen LogP contribution < -0.4 is 10.2 Å². The highest BCUT2D eigenvalue weighted by Gasteiger charge is 2.26. The Bertz CT molecular complexity index is 810. The molecule has 0 spiro atoms. The van der Waals surface area contributed by atoms with E-state index < -0.39 is 0 Å². The highest BCUT2D eigenvalue weighted by atomic mass is 32.1. The van der Waals surface area contributed by atoms with Crippen LogP contribution in [0.1, 0.15) is 48.4 Å². The first kappa shape index (κ1) is 17.8. The molecule has 7 heteroatoms. The number of aliphatic hydroxyl groups is 1. The summed E-state index contributed by atoms with van der Waals surface area (Å²) < 4.78 is 5.49. The molecular weight excluding hydrogens is 360 g/mol. The number of morpholine rings is 1. The quantitative estimate of drug-likeness (QED) is 0.736. The van der Waals surface area contributed by atoms with Gasteiger partial charge >= 0.3 is 0 Å². The van der Waals surface area contributed by atoms with Crippen LogP contribution >= 0.6 is 11.3 Å². The fourth-order valence-electron chi connectivity index (χ4n) is 4.70. The summed E-state index contributed by atoms with van der Waals surface area (Å²) in [6.07, 6.45) is 7.29. The van der Waals surface area contributed by atoms with E-state index in [1.807, 2.05) is 11.3 Å². The normalized spacial score (nSPS) is 26.4. The lowest BCUT2D eigenvalue weighted by atomic mass is 9.93. The predicted molar refractivity (Wildman–Crippen MR) is 107 cm³/mol. The number of nitrogens with zero attached hydrogens (tertiary/aromatic N) is 2. The van der Waals surface area contributed by atoms with Crippen molar-refractivity contribution in [2.45, 2.75) is 63.6 Å². The van der Waals surface area contributed by atoms with Crippen molar-refractivity contribution in [3.8, 4) is 0 Å². The Morgan fingerprint density at radius 1 is 1.11 bits per heavy atom. The zero-order valence-electron chi connectivity index (χ0n) is 15.8. The number of ether oxygens (including phenoxy) is 1. The number of hydrogen-bond donors (Lipinski definition) is 3. The number of rotatable bonds is 4. The van der Waals surface area contributed by atoms with E-state index in [0.29, 0.717) is 6.04 Å². The third-order valence-corrected chi connectivity index (χ3v) is 7.44. The molecule has 146 valence electrons. The van der Waals surface area contributed by atoms with Crippen LogP contribution in [0.4, 0.5) is 5.82 Å².